The summed E-state index contributed by atoms with van der Waals surface area (Å²) in [4.78, 5) is 26.7. The molecule has 0 saturated carbocycles. The molecule has 2 aliphatic heterocycles. The van der Waals surface area contributed by atoms with Crippen LogP contribution in [0.15, 0.2) is 48.5 Å². The van der Waals surface area contributed by atoms with Crippen molar-refractivity contribution in [3.8, 4) is 0 Å². The van der Waals surface area contributed by atoms with Gasteiger partial charge in [0.25, 0.3) is 0 Å². The highest BCUT2D eigenvalue weighted by atomic mass is 35.5. The van der Waals surface area contributed by atoms with Gasteiger partial charge < -0.3 is 10.6 Å². The topological polar surface area (TPSA) is 76.0 Å². The van der Waals surface area contributed by atoms with Crippen LogP contribution in [0.5, 0.6) is 0 Å². The molecule has 0 aliphatic carbocycles. The van der Waals surface area contributed by atoms with E-state index in [1.54, 1.807) is 22.9 Å². The van der Waals surface area contributed by atoms with Gasteiger partial charge in [-0.3, -0.25) is 14.3 Å². The first kappa shape index (κ1) is 20.1. The van der Waals surface area contributed by atoms with Crippen LogP contribution in [0.1, 0.15) is 40.9 Å². The molecule has 1 saturated heterocycles. The predicted molar refractivity (Wildman–Crippen MR) is 119 cm³/mol. The van der Waals surface area contributed by atoms with Gasteiger partial charge in [-0.1, -0.05) is 41.4 Å². The van der Waals surface area contributed by atoms with Gasteiger partial charge in [-0.2, -0.15) is 5.10 Å². The van der Waals surface area contributed by atoms with Gasteiger partial charge in [-0.25, -0.2) is 0 Å². The van der Waals surface area contributed by atoms with E-state index in [9.17, 15) is 9.59 Å². The fourth-order valence-electron chi connectivity index (χ4n) is 5.15. The monoisotopic (exact) mass is 454 g/mol. The molecule has 1 fully saturated rings. The third kappa shape index (κ3) is 2.97. The van der Waals surface area contributed by atoms with Crippen LogP contribution in [0, 0.1) is 6.92 Å². The molecular formula is C23H20Cl2N4O2. The zero-order valence-electron chi connectivity index (χ0n) is 16.9. The lowest BCUT2D eigenvalue weighted by Crippen LogP contribution is -2.57. The lowest BCUT2D eigenvalue weighted by molar-refractivity contribution is -0.131. The second-order valence-electron chi connectivity index (χ2n) is 8.16. The zero-order valence-corrected chi connectivity index (χ0v) is 18.5. The summed E-state index contributed by atoms with van der Waals surface area (Å²) >= 11 is 12.5. The van der Waals surface area contributed by atoms with E-state index in [0.717, 1.165) is 22.5 Å². The molecule has 2 N–H and O–H groups in total. The Bertz CT molecular complexity index is 1240. The van der Waals surface area contributed by atoms with Crippen LogP contribution in [0.3, 0.4) is 0 Å². The molecule has 6 nitrogen and oxygen atoms in total. The van der Waals surface area contributed by atoms with E-state index < -0.39 is 17.4 Å². The maximum absolute atomic E-state index is 13.8. The number of hydrogen-bond acceptors (Lipinski definition) is 3. The minimum absolute atomic E-state index is 0.130. The average molecular weight is 455 g/mol. The predicted octanol–water partition coefficient (Wildman–Crippen LogP) is 4.27. The number of hydrogen-bond donors (Lipinski definition) is 2. The summed E-state index contributed by atoms with van der Waals surface area (Å²) < 4.78 is 1.73. The number of rotatable bonds is 2. The van der Waals surface area contributed by atoms with Gasteiger partial charge in [0.2, 0.25) is 11.8 Å². The molecule has 0 bridgehead atoms. The molecule has 31 heavy (non-hydrogen) atoms. The number of fused-ring (bicyclic) bond motifs is 2. The van der Waals surface area contributed by atoms with Crippen molar-refractivity contribution in [2.75, 3.05) is 5.32 Å². The number of anilines is 1. The number of piperidine rings is 1. The van der Waals surface area contributed by atoms with Crippen molar-refractivity contribution in [1.29, 1.82) is 0 Å². The molecule has 0 radical (unpaired) electrons. The standard InChI is InChI=1S/C23H20Cl2N4O2/c1-12-8-19(29(2)28-12)21-23(16-7-6-15(25)10-18(16)26-22(23)31)17(11-20(30)27-21)13-4-3-5-14(24)9-13/h3-10,17,21H,11H2,1-2H3,(H,26,31)(H,27,30)/t17-,21+,23-/m0/s1. The first-order chi connectivity index (χ1) is 14.8. The number of halogens is 2. The Hall–Kier alpha value is -2.83. The van der Waals surface area contributed by atoms with Gasteiger partial charge in [0, 0.05) is 35.1 Å². The first-order valence-electron chi connectivity index (χ1n) is 9.97. The minimum atomic E-state index is -1.08. The maximum Gasteiger partial charge on any atom is 0.238 e. The van der Waals surface area contributed by atoms with E-state index in [2.05, 4.69) is 15.7 Å². The van der Waals surface area contributed by atoms with Crippen molar-refractivity contribution in [3.05, 3.63) is 81.1 Å². The summed E-state index contributed by atoms with van der Waals surface area (Å²) in [6, 6.07) is 14.1. The van der Waals surface area contributed by atoms with Crippen LogP contribution >= 0.6 is 23.2 Å². The fourth-order valence-corrected chi connectivity index (χ4v) is 5.53. The summed E-state index contributed by atoms with van der Waals surface area (Å²) in [5.74, 6) is -0.740. The molecule has 0 unspecified atom stereocenters. The van der Waals surface area contributed by atoms with Gasteiger partial charge in [0.05, 0.1) is 17.4 Å². The van der Waals surface area contributed by atoms with E-state index in [0.29, 0.717) is 15.7 Å². The smallest absolute Gasteiger partial charge is 0.238 e. The van der Waals surface area contributed by atoms with Crippen LogP contribution in [0.25, 0.3) is 0 Å². The number of benzene rings is 2. The fraction of sp³-hybridized carbons (Fsp3) is 0.261. The van der Waals surface area contributed by atoms with E-state index in [1.807, 2.05) is 44.3 Å². The minimum Gasteiger partial charge on any atom is -0.346 e. The Morgan fingerprint density at radius 1 is 1.10 bits per heavy atom. The molecule has 5 rings (SSSR count). The van der Waals surface area contributed by atoms with E-state index >= 15 is 0 Å². The largest absolute Gasteiger partial charge is 0.346 e. The number of aromatic nitrogens is 2. The summed E-state index contributed by atoms with van der Waals surface area (Å²) in [5, 5.41) is 11.7. The van der Waals surface area contributed by atoms with Gasteiger partial charge in [-0.15, -0.1) is 0 Å². The van der Waals surface area contributed by atoms with Crippen molar-refractivity contribution in [2.45, 2.75) is 30.7 Å². The average Bonchev–Trinajstić information content (AvgIpc) is 3.19. The highest BCUT2D eigenvalue weighted by Crippen LogP contribution is 2.57. The van der Waals surface area contributed by atoms with Gasteiger partial charge >= 0.3 is 0 Å². The van der Waals surface area contributed by atoms with Crippen molar-refractivity contribution in [3.63, 3.8) is 0 Å². The zero-order chi connectivity index (χ0) is 21.9. The van der Waals surface area contributed by atoms with Crippen molar-refractivity contribution < 1.29 is 9.59 Å². The third-order valence-corrected chi connectivity index (χ3v) is 6.81. The van der Waals surface area contributed by atoms with Crippen molar-refractivity contribution >= 4 is 40.7 Å². The summed E-state index contributed by atoms with van der Waals surface area (Å²) in [7, 11) is 1.82. The number of amides is 2. The lowest BCUT2D eigenvalue weighted by atomic mass is 9.60. The molecule has 158 valence electrons. The summed E-state index contributed by atoms with van der Waals surface area (Å²) in [6.07, 6.45) is 0.156. The highest BCUT2D eigenvalue weighted by molar-refractivity contribution is 6.31. The first-order valence-corrected chi connectivity index (χ1v) is 10.7. The number of carbonyl (C=O) groups is 2. The molecule has 1 aromatic heterocycles. The van der Waals surface area contributed by atoms with Crippen molar-refractivity contribution in [2.24, 2.45) is 7.05 Å². The molecule has 1 spiro atoms. The molecule has 3 atom stereocenters. The summed E-state index contributed by atoms with van der Waals surface area (Å²) in [5.41, 5.74) is 2.78. The Morgan fingerprint density at radius 2 is 1.87 bits per heavy atom. The molecule has 3 aromatic rings. The third-order valence-electron chi connectivity index (χ3n) is 6.34. The normalized spacial score (nSPS) is 24.8. The second kappa shape index (κ2) is 7.11. The second-order valence-corrected chi connectivity index (χ2v) is 9.03. The molecule has 2 amide bonds. The van der Waals surface area contributed by atoms with Crippen LogP contribution in [0.4, 0.5) is 5.69 Å². The highest BCUT2D eigenvalue weighted by Gasteiger charge is 2.61. The number of aryl methyl sites for hydroxylation is 2. The number of nitrogens with zero attached hydrogens (tertiary/aromatic N) is 2. The SMILES string of the molecule is Cc1cc([C@H]2NC(=O)C[C@@H](c3cccc(Cl)c3)[C@]23C(=O)Nc2cc(Cl)ccc23)n(C)n1. The Balaban J connectivity index is 1.82. The lowest BCUT2D eigenvalue weighted by Gasteiger charge is -2.46. The molecule has 3 heterocycles. The maximum atomic E-state index is 13.8. The van der Waals surface area contributed by atoms with Crippen molar-refractivity contribution in [1.82, 2.24) is 15.1 Å². The number of carbonyl (C=O) groups excluding carboxylic acids is 2. The van der Waals surface area contributed by atoms with Gasteiger partial charge in [0.1, 0.15) is 5.41 Å². The molecule has 8 heteroatoms. The Morgan fingerprint density at radius 3 is 2.58 bits per heavy atom. The quantitative estimate of drug-likeness (QED) is 0.606. The Kier molecular flexibility index (Phi) is 4.61. The van der Waals surface area contributed by atoms with E-state index in [-0.39, 0.29) is 18.2 Å². The number of nitrogens with one attached hydrogen (secondary N) is 2. The van der Waals surface area contributed by atoms with Crippen LogP contribution in [-0.4, -0.2) is 21.6 Å². The summed E-state index contributed by atoms with van der Waals surface area (Å²) in [6.45, 7) is 1.89. The van der Waals surface area contributed by atoms with Crippen LogP contribution < -0.4 is 10.6 Å². The van der Waals surface area contributed by atoms with Gasteiger partial charge in [0.15, 0.2) is 0 Å². The van der Waals surface area contributed by atoms with Crippen LogP contribution in [0.2, 0.25) is 10.0 Å². The molecule has 2 aromatic carbocycles. The van der Waals surface area contributed by atoms with Crippen LogP contribution in [-0.2, 0) is 22.1 Å². The molecular weight excluding hydrogens is 435 g/mol. The van der Waals surface area contributed by atoms with Gasteiger partial charge in [-0.05, 0) is 48.4 Å². The Labute approximate surface area is 189 Å². The van der Waals surface area contributed by atoms with E-state index in [1.165, 1.54) is 0 Å². The molecule has 2 aliphatic rings. The van der Waals surface area contributed by atoms with E-state index in [4.69, 9.17) is 23.2 Å².